The number of pyridine rings is 1. The first-order valence-corrected chi connectivity index (χ1v) is 10.0. The number of hydrogen-bond donors (Lipinski definition) is 0. The van der Waals surface area contributed by atoms with Crippen LogP contribution in [0.3, 0.4) is 0 Å². The number of fused-ring (bicyclic) bond motifs is 4. The molecule has 28 heavy (non-hydrogen) atoms. The van der Waals surface area contributed by atoms with E-state index >= 15 is 0 Å². The molecular weight excluding hydrogens is 352 g/mol. The Hall–Kier alpha value is -2.66. The third-order valence-corrected chi connectivity index (χ3v) is 5.63. The summed E-state index contributed by atoms with van der Waals surface area (Å²) in [5.74, 6) is 0.660. The Morgan fingerprint density at radius 2 is 1.93 bits per heavy atom. The zero-order chi connectivity index (χ0) is 19.3. The summed E-state index contributed by atoms with van der Waals surface area (Å²) in [5.41, 5.74) is 2.28. The van der Waals surface area contributed by atoms with Crippen LogP contribution in [0.2, 0.25) is 0 Å². The number of rotatable bonds is 6. The predicted octanol–water partition coefficient (Wildman–Crippen LogP) is 2.91. The van der Waals surface area contributed by atoms with Crippen LogP contribution < -0.4 is 5.56 Å². The number of piperidine rings is 1. The molecule has 1 saturated heterocycles. The fourth-order valence-electron chi connectivity index (χ4n) is 4.42. The molecule has 0 aliphatic carbocycles. The molecule has 0 saturated carbocycles. The van der Waals surface area contributed by atoms with Crippen LogP contribution >= 0.6 is 0 Å². The van der Waals surface area contributed by atoms with Crippen LogP contribution in [0.5, 0.6) is 0 Å². The minimum absolute atomic E-state index is 0.121. The summed E-state index contributed by atoms with van der Waals surface area (Å²) in [6.45, 7) is 4.15. The maximum absolute atomic E-state index is 12.1. The molecule has 2 aromatic rings. The number of aromatic nitrogens is 1. The van der Waals surface area contributed by atoms with Crippen molar-refractivity contribution in [2.45, 2.75) is 25.3 Å². The second-order valence-corrected chi connectivity index (χ2v) is 7.72. The normalized spacial score (nSPS) is 21.4. The van der Waals surface area contributed by atoms with Crippen molar-refractivity contribution in [2.24, 2.45) is 5.92 Å². The molecule has 0 amide bonds. The molecule has 0 unspecified atom stereocenters. The number of carbonyl (C=O) groups is 1. The highest BCUT2D eigenvalue weighted by Crippen LogP contribution is 2.34. The second kappa shape index (κ2) is 8.57. The molecule has 0 N–H and O–H groups in total. The van der Waals surface area contributed by atoms with Crippen LogP contribution in [0.1, 0.15) is 30.0 Å². The summed E-state index contributed by atoms with van der Waals surface area (Å²) in [5, 5.41) is 0. The monoisotopic (exact) mass is 378 g/mol. The van der Waals surface area contributed by atoms with Crippen molar-refractivity contribution in [2.75, 3.05) is 26.2 Å². The van der Waals surface area contributed by atoms with Gasteiger partial charge in [0.25, 0.3) is 5.56 Å². The average molecular weight is 378 g/mol. The van der Waals surface area contributed by atoms with Gasteiger partial charge in [-0.15, -0.1) is 0 Å². The van der Waals surface area contributed by atoms with Gasteiger partial charge in [-0.3, -0.25) is 4.79 Å². The number of esters is 1. The predicted molar refractivity (Wildman–Crippen MR) is 109 cm³/mol. The first-order valence-electron chi connectivity index (χ1n) is 10.0. The van der Waals surface area contributed by atoms with Crippen LogP contribution in [0.25, 0.3) is 6.08 Å². The van der Waals surface area contributed by atoms with Gasteiger partial charge in [0.15, 0.2) is 0 Å². The van der Waals surface area contributed by atoms with Crippen LogP contribution in [0.15, 0.2) is 59.4 Å². The Morgan fingerprint density at radius 3 is 2.79 bits per heavy atom. The summed E-state index contributed by atoms with van der Waals surface area (Å²) < 4.78 is 7.28. The van der Waals surface area contributed by atoms with Crippen molar-refractivity contribution in [3.63, 3.8) is 0 Å². The lowest BCUT2D eigenvalue weighted by molar-refractivity contribution is -0.137. The van der Waals surface area contributed by atoms with E-state index in [1.165, 1.54) is 18.2 Å². The highest BCUT2D eigenvalue weighted by molar-refractivity contribution is 5.86. The lowest BCUT2D eigenvalue weighted by atomic mass is 9.83. The molecule has 0 spiro atoms. The van der Waals surface area contributed by atoms with Crippen molar-refractivity contribution in [3.05, 3.63) is 76.2 Å². The van der Waals surface area contributed by atoms with Gasteiger partial charge in [0.2, 0.25) is 0 Å². The standard InChI is InChI=1S/C23H26N2O3/c26-22-9-4-8-21-20-14-19(16-25(21)22)15-24(17-20)12-5-13-28-23(27)11-10-18-6-2-1-3-7-18/h1-4,6-11,19-20H,5,12-17H2/b11-10+/t19-,20+/m0/s1. The number of likely N-dealkylation sites (tertiary alicyclic amines) is 1. The maximum atomic E-state index is 12.1. The summed E-state index contributed by atoms with van der Waals surface area (Å²) in [4.78, 5) is 26.4. The molecule has 1 aromatic heterocycles. The molecule has 2 atom stereocenters. The summed E-state index contributed by atoms with van der Waals surface area (Å²) in [7, 11) is 0. The molecule has 2 aliphatic heterocycles. The fraction of sp³-hybridized carbons (Fsp3) is 0.391. The van der Waals surface area contributed by atoms with Gasteiger partial charge in [0.1, 0.15) is 0 Å². The summed E-state index contributed by atoms with van der Waals surface area (Å²) in [6.07, 6.45) is 5.24. The molecule has 0 radical (unpaired) electrons. The zero-order valence-electron chi connectivity index (χ0n) is 16.0. The number of hydrogen-bond acceptors (Lipinski definition) is 4. The molecule has 5 nitrogen and oxygen atoms in total. The number of nitrogens with zero attached hydrogens (tertiary/aromatic N) is 2. The SMILES string of the molecule is O=C(/C=C/c1ccccc1)OCCCN1C[C@@H]2C[C@H](C1)c1cccc(=O)n1C2. The Labute approximate surface area is 165 Å². The molecule has 4 rings (SSSR count). The molecule has 2 bridgehead atoms. The quantitative estimate of drug-likeness (QED) is 0.441. The molecule has 146 valence electrons. The van der Waals surface area contributed by atoms with Crippen LogP contribution in [0.4, 0.5) is 0 Å². The van der Waals surface area contributed by atoms with E-state index in [1.807, 2.05) is 41.0 Å². The molecule has 5 heteroatoms. The second-order valence-electron chi connectivity index (χ2n) is 7.72. The largest absolute Gasteiger partial charge is 0.462 e. The number of ether oxygens (including phenoxy) is 1. The first-order chi connectivity index (χ1) is 13.7. The smallest absolute Gasteiger partial charge is 0.330 e. The van der Waals surface area contributed by atoms with Crippen molar-refractivity contribution < 1.29 is 9.53 Å². The Kier molecular flexibility index (Phi) is 5.72. The van der Waals surface area contributed by atoms with Gasteiger partial charge in [0, 0.05) is 49.9 Å². The van der Waals surface area contributed by atoms with Gasteiger partial charge in [-0.1, -0.05) is 36.4 Å². The van der Waals surface area contributed by atoms with E-state index in [0.717, 1.165) is 38.2 Å². The Balaban J connectivity index is 1.23. The van der Waals surface area contributed by atoms with Gasteiger partial charge >= 0.3 is 5.97 Å². The van der Waals surface area contributed by atoms with E-state index in [9.17, 15) is 9.59 Å². The van der Waals surface area contributed by atoms with Gasteiger partial charge in [-0.2, -0.15) is 0 Å². The minimum Gasteiger partial charge on any atom is -0.462 e. The molecule has 3 heterocycles. The van der Waals surface area contributed by atoms with Gasteiger partial charge in [-0.25, -0.2) is 4.79 Å². The average Bonchev–Trinajstić information content (AvgIpc) is 2.71. The molecule has 1 fully saturated rings. The highest BCUT2D eigenvalue weighted by atomic mass is 16.5. The summed E-state index contributed by atoms with van der Waals surface area (Å²) in [6, 6.07) is 15.3. The van der Waals surface area contributed by atoms with E-state index in [1.54, 1.807) is 12.1 Å². The van der Waals surface area contributed by atoms with Gasteiger partial charge < -0.3 is 14.2 Å². The summed E-state index contributed by atoms with van der Waals surface area (Å²) >= 11 is 0. The first kappa shape index (κ1) is 18.7. The van der Waals surface area contributed by atoms with E-state index in [4.69, 9.17) is 4.74 Å². The molecule has 2 aliphatic rings. The van der Waals surface area contributed by atoms with E-state index in [0.29, 0.717) is 18.4 Å². The van der Waals surface area contributed by atoms with E-state index < -0.39 is 0 Å². The third-order valence-electron chi connectivity index (χ3n) is 5.63. The zero-order valence-corrected chi connectivity index (χ0v) is 16.0. The molecular formula is C23H26N2O3. The van der Waals surface area contributed by atoms with Crippen molar-refractivity contribution in [1.82, 2.24) is 9.47 Å². The number of benzene rings is 1. The number of carbonyl (C=O) groups excluding carboxylic acids is 1. The van der Waals surface area contributed by atoms with Crippen LogP contribution in [-0.2, 0) is 16.1 Å². The Morgan fingerprint density at radius 1 is 1.07 bits per heavy atom. The third kappa shape index (κ3) is 4.42. The van der Waals surface area contributed by atoms with E-state index in [2.05, 4.69) is 11.0 Å². The lowest BCUT2D eigenvalue weighted by Crippen LogP contribution is -2.47. The van der Waals surface area contributed by atoms with E-state index in [-0.39, 0.29) is 11.5 Å². The van der Waals surface area contributed by atoms with Gasteiger partial charge in [0.05, 0.1) is 6.61 Å². The lowest BCUT2D eigenvalue weighted by Gasteiger charge is -2.42. The molecule has 1 aromatic carbocycles. The van der Waals surface area contributed by atoms with Crippen LogP contribution in [-0.4, -0.2) is 41.7 Å². The van der Waals surface area contributed by atoms with Crippen molar-refractivity contribution >= 4 is 12.0 Å². The fourth-order valence-corrected chi connectivity index (χ4v) is 4.42. The topological polar surface area (TPSA) is 51.5 Å². The van der Waals surface area contributed by atoms with Crippen LogP contribution in [0, 0.1) is 5.92 Å². The van der Waals surface area contributed by atoms with Crippen molar-refractivity contribution in [3.8, 4) is 0 Å². The van der Waals surface area contributed by atoms with Gasteiger partial charge in [-0.05, 0) is 36.5 Å². The minimum atomic E-state index is -0.298. The van der Waals surface area contributed by atoms with Crippen molar-refractivity contribution in [1.29, 1.82) is 0 Å². The maximum Gasteiger partial charge on any atom is 0.330 e. The Bertz CT molecular complexity index is 904. The highest BCUT2D eigenvalue weighted by Gasteiger charge is 2.34.